The first kappa shape index (κ1) is 20.5. The molecule has 2 aromatic carbocycles. The van der Waals surface area contributed by atoms with Gasteiger partial charge in [-0.25, -0.2) is 13.4 Å². The number of amides is 1. The maximum Gasteiger partial charge on any atom is 0.271 e. The Morgan fingerprint density at radius 1 is 1.03 bits per heavy atom. The number of benzene rings is 2. The molecule has 6 nitrogen and oxygen atoms in total. The highest BCUT2D eigenvalue weighted by atomic mass is 32.2. The topological polar surface area (TPSA) is 88.2 Å². The van der Waals surface area contributed by atoms with Gasteiger partial charge >= 0.3 is 0 Å². The maximum absolute atomic E-state index is 12.4. The van der Waals surface area contributed by atoms with Crippen LogP contribution in [0.4, 0.5) is 5.69 Å². The van der Waals surface area contributed by atoms with Crippen LogP contribution in [0.5, 0.6) is 0 Å². The highest BCUT2D eigenvalue weighted by Gasteiger charge is 2.16. The molecule has 4 rings (SSSR count). The summed E-state index contributed by atoms with van der Waals surface area (Å²) in [6.07, 6.45) is 1.57. The van der Waals surface area contributed by atoms with E-state index in [4.69, 9.17) is 0 Å². The number of thiophene rings is 1. The largest absolute Gasteiger partial charge is 0.352 e. The van der Waals surface area contributed by atoms with E-state index in [0.717, 1.165) is 34.7 Å². The minimum Gasteiger partial charge on any atom is -0.352 e. The molecule has 0 bridgehead atoms. The van der Waals surface area contributed by atoms with E-state index >= 15 is 0 Å². The summed E-state index contributed by atoms with van der Waals surface area (Å²) in [5.74, 6) is -0.239. The van der Waals surface area contributed by atoms with Gasteiger partial charge in [0.25, 0.3) is 15.9 Å². The molecule has 0 radical (unpaired) electrons. The Labute approximate surface area is 182 Å². The summed E-state index contributed by atoms with van der Waals surface area (Å²) < 4.78 is 28.6. The standard InChI is InChI=1S/C21H19N3O3S3/c25-21(22-12-4-10-19-23-17-8-1-2-9-18(17)29-19)15-6-3-7-16(14-15)24-30(26,27)20-11-5-13-28-20/h1-3,5-9,11,13-14,24H,4,10,12H2,(H,22,25). The zero-order chi connectivity index (χ0) is 21.0. The lowest BCUT2D eigenvalue weighted by Gasteiger charge is -2.09. The maximum atomic E-state index is 12.4. The van der Waals surface area contributed by atoms with Gasteiger partial charge in [-0.1, -0.05) is 24.3 Å². The molecular formula is C21H19N3O3S3. The number of fused-ring (bicyclic) bond motifs is 1. The van der Waals surface area contributed by atoms with E-state index in [1.807, 2.05) is 18.2 Å². The number of rotatable bonds is 8. The number of sulfonamides is 1. The number of aromatic nitrogens is 1. The molecule has 0 saturated carbocycles. The van der Waals surface area contributed by atoms with Crippen LogP contribution in [-0.2, 0) is 16.4 Å². The van der Waals surface area contributed by atoms with Gasteiger partial charge < -0.3 is 5.32 Å². The van der Waals surface area contributed by atoms with E-state index in [-0.39, 0.29) is 10.1 Å². The number of carbonyl (C=O) groups is 1. The van der Waals surface area contributed by atoms with Gasteiger partial charge in [-0.3, -0.25) is 9.52 Å². The lowest BCUT2D eigenvalue weighted by molar-refractivity contribution is 0.0953. The number of carbonyl (C=O) groups excluding carboxylic acids is 1. The molecule has 0 atom stereocenters. The van der Waals surface area contributed by atoms with Crippen LogP contribution in [0.3, 0.4) is 0 Å². The monoisotopic (exact) mass is 457 g/mol. The van der Waals surface area contributed by atoms with Gasteiger partial charge in [-0.05, 0) is 48.2 Å². The Kier molecular flexibility index (Phi) is 6.12. The van der Waals surface area contributed by atoms with Crippen molar-refractivity contribution in [2.75, 3.05) is 11.3 Å². The van der Waals surface area contributed by atoms with Crippen molar-refractivity contribution in [2.45, 2.75) is 17.1 Å². The van der Waals surface area contributed by atoms with Crippen LogP contribution in [0.25, 0.3) is 10.2 Å². The Balaban J connectivity index is 1.32. The second-order valence-corrected chi connectivity index (χ2v) is 10.5. The third kappa shape index (κ3) is 4.86. The molecular weight excluding hydrogens is 438 g/mol. The van der Waals surface area contributed by atoms with Crippen molar-refractivity contribution in [2.24, 2.45) is 0 Å². The summed E-state index contributed by atoms with van der Waals surface area (Å²) in [5, 5.41) is 5.64. The van der Waals surface area contributed by atoms with E-state index in [1.165, 1.54) is 16.8 Å². The molecule has 0 aliphatic heterocycles. The van der Waals surface area contributed by atoms with Gasteiger partial charge in [-0.2, -0.15) is 0 Å². The van der Waals surface area contributed by atoms with Crippen molar-refractivity contribution < 1.29 is 13.2 Å². The van der Waals surface area contributed by atoms with Gasteiger partial charge in [0.15, 0.2) is 0 Å². The number of anilines is 1. The number of hydrogen-bond donors (Lipinski definition) is 2. The highest BCUT2D eigenvalue weighted by Crippen LogP contribution is 2.23. The van der Waals surface area contributed by atoms with Gasteiger partial charge in [0.1, 0.15) is 4.21 Å². The first-order valence-electron chi connectivity index (χ1n) is 9.30. The molecule has 0 aliphatic rings. The molecule has 1 amide bonds. The molecule has 9 heteroatoms. The zero-order valence-electron chi connectivity index (χ0n) is 15.9. The van der Waals surface area contributed by atoms with Crippen molar-refractivity contribution in [3.05, 3.63) is 76.6 Å². The summed E-state index contributed by atoms with van der Waals surface area (Å²) >= 11 is 2.81. The summed E-state index contributed by atoms with van der Waals surface area (Å²) in [5.41, 5.74) is 1.76. The Morgan fingerprint density at radius 3 is 2.70 bits per heavy atom. The van der Waals surface area contributed by atoms with Gasteiger partial charge in [0.05, 0.1) is 15.2 Å². The van der Waals surface area contributed by atoms with Crippen LogP contribution in [0.15, 0.2) is 70.3 Å². The van der Waals surface area contributed by atoms with Crippen LogP contribution in [0.2, 0.25) is 0 Å². The number of thiazole rings is 1. The predicted molar refractivity (Wildman–Crippen MR) is 122 cm³/mol. The van der Waals surface area contributed by atoms with Gasteiger partial charge in [0, 0.05) is 24.2 Å². The smallest absolute Gasteiger partial charge is 0.271 e. The molecule has 0 spiro atoms. The Bertz CT molecular complexity index is 1230. The van der Waals surface area contributed by atoms with Crippen molar-refractivity contribution in [1.29, 1.82) is 0 Å². The average molecular weight is 458 g/mol. The van der Waals surface area contributed by atoms with Crippen LogP contribution >= 0.6 is 22.7 Å². The molecule has 4 aromatic rings. The average Bonchev–Trinajstić information content (AvgIpc) is 3.41. The molecule has 0 saturated heterocycles. The summed E-state index contributed by atoms with van der Waals surface area (Å²) in [4.78, 5) is 17.0. The number of para-hydroxylation sites is 1. The SMILES string of the molecule is O=C(NCCCc1nc2ccccc2s1)c1cccc(NS(=O)(=O)c2cccs2)c1. The van der Waals surface area contributed by atoms with Crippen LogP contribution < -0.4 is 10.0 Å². The third-order valence-corrected chi connectivity index (χ3v) is 8.20. The molecule has 30 heavy (non-hydrogen) atoms. The van der Waals surface area contributed by atoms with Crippen molar-refractivity contribution in [3.63, 3.8) is 0 Å². The normalized spacial score (nSPS) is 11.5. The second-order valence-electron chi connectivity index (χ2n) is 6.55. The number of hydrogen-bond acceptors (Lipinski definition) is 6. The second kappa shape index (κ2) is 8.95. The molecule has 2 aromatic heterocycles. The lowest BCUT2D eigenvalue weighted by Crippen LogP contribution is -2.25. The Hall–Kier alpha value is -2.75. The summed E-state index contributed by atoms with van der Waals surface area (Å²) in [6, 6.07) is 17.7. The molecule has 154 valence electrons. The van der Waals surface area contributed by atoms with Gasteiger partial charge in [-0.15, -0.1) is 22.7 Å². The van der Waals surface area contributed by atoms with Crippen molar-refractivity contribution >= 4 is 54.5 Å². The predicted octanol–water partition coefficient (Wildman–Crippen LogP) is 4.52. The first-order valence-corrected chi connectivity index (χ1v) is 12.5. The van der Waals surface area contributed by atoms with E-state index in [9.17, 15) is 13.2 Å². The van der Waals surface area contributed by atoms with E-state index < -0.39 is 10.0 Å². The van der Waals surface area contributed by atoms with Crippen molar-refractivity contribution in [3.8, 4) is 0 Å². The fourth-order valence-electron chi connectivity index (χ4n) is 2.92. The van der Waals surface area contributed by atoms with Crippen molar-refractivity contribution in [1.82, 2.24) is 10.3 Å². The number of nitrogens with one attached hydrogen (secondary N) is 2. The van der Waals surface area contributed by atoms with Crippen LogP contribution in [-0.4, -0.2) is 25.9 Å². The quantitative estimate of drug-likeness (QED) is 0.381. The van der Waals surface area contributed by atoms with Gasteiger partial charge in [0.2, 0.25) is 0 Å². The van der Waals surface area contributed by atoms with E-state index in [1.54, 1.807) is 41.0 Å². The molecule has 0 aliphatic carbocycles. The number of aryl methyl sites for hydroxylation is 1. The van der Waals surface area contributed by atoms with Crippen LogP contribution in [0, 0.1) is 0 Å². The van der Waals surface area contributed by atoms with Crippen LogP contribution in [0.1, 0.15) is 21.8 Å². The minimum absolute atomic E-state index is 0.229. The fourth-order valence-corrected chi connectivity index (χ4v) is 5.97. The van der Waals surface area contributed by atoms with E-state index in [2.05, 4.69) is 21.1 Å². The number of nitrogens with zero attached hydrogens (tertiary/aromatic N) is 1. The molecule has 0 unspecified atom stereocenters. The lowest BCUT2D eigenvalue weighted by atomic mass is 10.2. The summed E-state index contributed by atoms with van der Waals surface area (Å²) in [6.45, 7) is 0.514. The minimum atomic E-state index is -3.64. The highest BCUT2D eigenvalue weighted by molar-refractivity contribution is 7.94. The van der Waals surface area contributed by atoms with E-state index in [0.29, 0.717) is 17.8 Å². The fraction of sp³-hybridized carbons (Fsp3) is 0.143. The molecule has 2 heterocycles. The summed E-state index contributed by atoms with van der Waals surface area (Å²) in [7, 11) is -3.64. The zero-order valence-corrected chi connectivity index (χ0v) is 18.3. The first-order chi connectivity index (χ1) is 14.5. The Morgan fingerprint density at radius 2 is 1.90 bits per heavy atom. The molecule has 0 fully saturated rings. The third-order valence-electron chi connectivity index (χ3n) is 4.33. The molecule has 2 N–H and O–H groups in total.